The molecule has 1 heterocycles. The third-order valence-corrected chi connectivity index (χ3v) is 2.55. The molecule has 80 valence electrons. The lowest BCUT2D eigenvalue weighted by Gasteiger charge is -2.17. The summed E-state index contributed by atoms with van der Waals surface area (Å²) in [7, 11) is 2.05. The van der Waals surface area contributed by atoms with Crippen molar-refractivity contribution in [2.45, 2.75) is 6.92 Å². The molecule has 0 atom stereocenters. The van der Waals surface area contributed by atoms with E-state index in [0.717, 1.165) is 29.1 Å². The molecule has 0 aliphatic carbocycles. The van der Waals surface area contributed by atoms with Gasteiger partial charge in [-0.1, -0.05) is 0 Å². The van der Waals surface area contributed by atoms with Gasteiger partial charge in [-0.3, -0.25) is 0 Å². The molecule has 1 aromatic heterocycles. The highest BCUT2D eigenvalue weighted by atomic mass is 32.1. The second-order valence-corrected chi connectivity index (χ2v) is 3.98. The molecule has 0 radical (unpaired) electrons. The van der Waals surface area contributed by atoms with Crippen LogP contribution >= 0.6 is 12.6 Å². The van der Waals surface area contributed by atoms with E-state index in [2.05, 4.69) is 22.5 Å². The van der Waals surface area contributed by atoms with Crippen LogP contribution in [-0.2, 0) is 0 Å². The molecule has 0 fully saturated rings. The van der Waals surface area contributed by atoms with E-state index >= 15 is 0 Å². The van der Waals surface area contributed by atoms with E-state index in [0.29, 0.717) is 5.89 Å². The number of rotatable bonds is 3. The Labute approximate surface area is 94.5 Å². The third-order valence-electron chi connectivity index (χ3n) is 2.35. The van der Waals surface area contributed by atoms with Crippen molar-refractivity contribution in [1.29, 1.82) is 0 Å². The van der Waals surface area contributed by atoms with Crippen molar-refractivity contribution in [3.63, 3.8) is 0 Å². The molecule has 0 saturated carbocycles. The smallest absolute Gasteiger partial charge is 0.192 e. The van der Waals surface area contributed by atoms with Gasteiger partial charge < -0.3 is 9.32 Å². The van der Waals surface area contributed by atoms with Crippen molar-refractivity contribution in [1.82, 2.24) is 4.98 Å². The minimum atomic E-state index is 0.707. The fraction of sp³-hybridized carbons (Fsp3) is 0.364. The fourth-order valence-corrected chi connectivity index (χ4v) is 1.85. The van der Waals surface area contributed by atoms with Crippen LogP contribution in [0.4, 0.5) is 5.69 Å². The molecule has 0 aliphatic rings. The van der Waals surface area contributed by atoms with Crippen molar-refractivity contribution >= 4 is 29.4 Å². The van der Waals surface area contributed by atoms with Gasteiger partial charge in [0, 0.05) is 32.0 Å². The standard InChI is InChI=1S/C11H14N2OS/c1-8-12-10-7-9(13(2)5-6-15)3-4-11(10)14-8/h3-4,7,15H,5-6H2,1-2H3. The predicted molar refractivity (Wildman–Crippen MR) is 65.9 cm³/mol. The topological polar surface area (TPSA) is 29.3 Å². The molecule has 3 nitrogen and oxygen atoms in total. The monoisotopic (exact) mass is 222 g/mol. The number of fused-ring (bicyclic) bond motifs is 1. The van der Waals surface area contributed by atoms with Crippen LogP contribution in [0.15, 0.2) is 22.6 Å². The van der Waals surface area contributed by atoms with E-state index in [-0.39, 0.29) is 0 Å². The second-order valence-electron chi connectivity index (χ2n) is 3.53. The van der Waals surface area contributed by atoms with Crippen LogP contribution in [0.5, 0.6) is 0 Å². The summed E-state index contributed by atoms with van der Waals surface area (Å²) in [6, 6.07) is 6.03. The van der Waals surface area contributed by atoms with Crippen LogP contribution in [0, 0.1) is 6.92 Å². The van der Waals surface area contributed by atoms with Gasteiger partial charge in [-0.05, 0) is 18.2 Å². The van der Waals surface area contributed by atoms with Crippen LogP contribution in [0.2, 0.25) is 0 Å². The minimum Gasteiger partial charge on any atom is -0.441 e. The molecule has 0 unspecified atom stereocenters. The van der Waals surface area contributed by atoms with E-state index in [9.17, 15) is 0 Å². The molecule has 0 N–H and O–H groups in total. The molecule has 15 heavy (non-hydrogen) atoms. The molecule has 0 bridgehead atoms. The lowest BCUT2D eigenvalue weighted by atomic mass is 10.2. The zero-order valence-electron chi connectivity index (χ0n) is 8.90. The zero-order chi connectivity index (χ0) is 10.8. The van der Waals surface area contributed by atoms with Gasteiger partial charge in [-0.25, -0.2) is 4.98 Å². The summed E-state index contributed by atoms with van der Waals surface area (Å²) in [5.41, 5.74) is 2.90. The first-order chi connectivity index (χ1) is 7.20. The molecule has 0 saturated heterocycles. The third kappa shape index (κ3) is 2.09. The zero-order valence-corrected chi connectivity index (χ0v) is 9.79. The highest BCUT2D eigenvalue weighted by Crippen LogP contribution is 2.21. The Balaban J connectivity index is 2.37. The average Bonchev–Trinajstić information content (AvgIpc) is 2.57. The van der Waals surface area contributed by atoms with Crippen LogP contribution < -0.4 is 4.90 Å². The highest BCUT2D eigenvalue weighted by Gasteiger charge is 2.05. The van der Waals surface area contributed by atoms with Crippen molar-refractivity contribution in [2.75, 3.05) is 24.2 Å². The molecule has 0 spiro atoms. The molecule has 1 aromatic carbocycles. The maximum absolute atomic E-state index is 5.42. The van der Waals surface area contributed by atoms with Gasteiger partial charge in [0.15, 0.2) is 11.5 Å². The average molecular weight is 222 g/mol. The van der Waals surface area contributed by atoms with Gasteiger partial charge in [-0.15, -0.1) is 0 Å². The number of anilines is 1. The fourth-order valence-electron chi connectivity index (χ4n) is 1.55. The van der Waals surface area contributed by atoms with Crippen LogP contribution in [0.3, 0.4) is 0 Å². The number of aromatic nitrogens is 1. The van der Waals surface area contributed by atoms with Crippen LogP contribution in [-0.4, -0.2) is 24.3 Å². The van der Waals surface area contributed by atoms with Gasteiger partial charge in [-0.2, -0.15) is 12.6 Å². The molecule has 0 aliphatic heterocycles. The number of thiol groups is 1. The lowest BCUT2D eigenvalue weighted by molar-refractivity contribution is 0.561. The Morgan fingerprint density at radius 2 is 2.27 bits per heavy atom. The van der Waals surface area contributed by atoms with Crippen LogP contribution in [0.25, 0.3) is 11.1 Å². The minimum absolute atomic E-state index is 0.707. The van der Waals surface area contributed by atoms with E-state index < -0.39 is 0 Å². The maximum Gasteiger partial charge on any atom is 0.192 e. The molecule has 4 heteroatoms. The molecule has 2 aromatic rings. The highest BCUT2D eigenvalue weighted by molar-refractivity contribution is 7.80. The first-order valence-corrected chi connectivity index (χ1v) is 5.53. The summed E-state index contributed by atoms with van der Waals surface area (Å²) < 4.78 is 5.42. The Kier molecular flexibility index (Phi) is 2.86. The Morgan fingerprint density at radius 1 is 1.47 bits per heavy atom. The van der Waals surface area contributed by atoms with Gasteiger partial charge >= 0.3 is 0 Å². The predicted octanol–water partition coefficient (Wildman–Crippen LogP) is 2.50. The summed E-state index contributed by atoms with van der Waals surface area (Å²) in [5.74, 6) is 1.55. The summed E-state index contributed by atoms with van der Waals surface area (Å²) in [6.07, 6.45) is 0. The maximum atomic E-state index is 5.42. The van der Waals surface area contributed by atoms with E-state index in [1.165, 1.54) is 0 Å². The van der Waals surface area contributed by atoms with Gasteiger partial charge in [0.05, 0.1) is 0 Å². The Bertz CT molecular complexity index is 467. The number of hydrogen-bond donors (Lipinski definition) is 1. The number of nitrogens with zero attached hydrogens (tertiary/aromatic N) is 2. The molecular formula is C11H14N2OS. The summed E-state index contributed by atoms with van der Waals surface area (Å²) in [6.45, 7) is 2.78. The van der Waals surface area contributed by atoms with Gasteiger partial charge in [0.1, 0.15) is 5.52 Å². The second kappa shape index (κ2) is 4.14. The summed E-state index contributed by atoms with van der Waals surface area (Å²) >= 11 is 4.21. The van der Waals surface area contributed by atoms with Crippen molar-refractivity contribution < 1.29 is 4.42 Å². The lowest BCUT2D eigenvalue weighted by Crippen LogP contribution is -2.19. The van der Waals surface area contributed by atoms with Gasteiger partial charge in [0.2, 0.25) is 0 Å². The molecule has 0 amide bonds. The number of hydrogen-bond acceptors (Lipinski definition) is 4. The van der Waals surface area contributed by atoms with Crippen molar-refractivity contribution in [3.05, 3.63) is 24.1 Å². The Morgan fingerprint density at radius 3 is 3.00 bits per heavy atom. The Hall–Kier alpha value is -1.16. The van der Waals surface area contributed by atoms with Crippen molar-refractivity contribution in [3.8, 4) is 0 Å². The number of benzene rings is 1. The summed E-state index contributed by atoms with van der Waals surface area (Å²) in [4.78, 5) is 6.45. The first-order valence-electron chi connectivity index (χ1n) is 4.90. The SMILES string of the molecule is Cc1nc2cc(N(C)CCS)ccc2o1. The molecule has 2 rings (SSSR count). The van der Waals surface area contributed by atoms with Crippen LogP contribution in [0.1, 0.15) is 5.89 Å². The quantitative estimate of drug-likeness (QED) is 0.809. The number of oxazole rings is 1. The van der Waals surface area contributed by atoms with Crippen molar-refractivity contribution in [2.24, 2.45) is 0 Å². The van der Waals surface area contributed by atoms with E-state index in [1.807, 2.05) is 32.2 Å². The summed E-state index contributed by atoms with van der Waals surface area (Å²) in [5, 5.41) is 0. The first kappa shape index (κ1) is 10.4. The van der Waals surface area contributed by atoms with E-state index in [4.69, 9.17) is 4.42 Å². The normalized spacial score (nSPS) is 10.9. The number of aryl methyl sites for hydroxylation is 1. The molecular weight excluding hydrogens is 208 g/mol. The van der Waals surface area contributed by atoms with Gasteiger partial charge in [0.25, 0.3) is 0 Å². The largest absolute Gasteiger partial charge is 0.441 e. The van der Waals surface area contributed by atoms with E-state index in [1.54, 1.807) is 0 Å².